The summed E-state index contributed by atoms with van der Waals surface area (Å²) in [7, 11) is 0. The van der Waals surface area contributed by atoms with Crippen molar-refractivity contribution < 1.29 is 5.11 Å². The standard InChI is InChI=1S/C10H16O/c1-7-2-4-9-8(6-7)3-5-10(9)11/h6,8-11H,2-5H2,1H3. The third kappa shape index (κ3) is 1.22. The highest BCUT2D eigenvalue weighted by molar-refractivity contribution is 5.10. The first-order valence-corrected chi connectivity index (χ1v) is 4.63. The summed E-state index contributed by atoms with van der Waals surface area (Å²) in [5.74, 6) is 1.30. The molecule has 1 N–H and O–H groups in total. The van der Waals surface area contributed by atoms with Crippen LogP contribution < -0.4 is 0 Å². The first kappa shape index (κ1) is 7.35. The lowest BCUT2D eigenvalue weighted by molar-refractivity contribution is 0.116. The monoisotopic (exact) mass is 152 g/mol. The SMILES string of the molecule is CC1=CC2CCC(O)C2CC1. The molecule has 3 atom stereocenters. The summed E-state index contributed by atoms with van der Waals surface area (Å²) in [5.41, 5.74) is 1.53. The Morgan fingerprint density at radius 1 is 1.36 bits per heavy atom. The van der Waals surface area contributed by atoms with E-state index in [2.05, 4.69) is 13.0 Å². The summed E-state index contributed by atoms with van der Waals surface area (Å²) in [6, 6.07) is 0. The zero-order valence-electron chi connectivity index (χ0n) is 7.09. The highest BCUT2D eigenvalue weighted by atomic mass is 16.3. The zero-order chi connectivity index (χ0) is 7.84. The van der Waals surface area contributed by atoms with Gasteiger partial charge in [0.1, 0.15) is 0 Å². The summed E-state index contributed by atoms with van der Waals surface area (Å²) in [5, 5.41) is 9.58. The molecule has 0 heterocycles. The van der Waals surface area contributed by atoms with E-state index < -0.39 is 0 Å². The van der Waals surface area contributed by atoms with E-state index >= 15 is 0 Å². The minimum Gasteiger partial charge on any atom is -0.393 e. The summed E-state index contributed by atoms with van der Waals surface area (Å²) < 4.78 is 0. The normalized spacial score (nSPS) is 43.5. The minimum atomic E-state index is 0.00403. The van der Waals surface area contributed by atoms with Gasteiger partial charge in [0.2, 0.25) is 0 Å². The maximum Gasteiger partial charge on any atom is 0.0574 e. The van der Waals surface area contributed by atoms with Crippen LogP contribution in [0.5, 0.6) is 0 Å². The summed E-state index contributed by atoms with van der Waals surface area (Å²) in [6.45, 7) is 2.21. The van der Waals surface area contributed by atoms with E-state index in [1.807, 2.05) is 0 Å². The number of allylic oxidation sites excluding steroid dienone is 2. The van der Waals surface area contributed by atoms with Gasteiger partial charge in [0.15, 0.2) is 0 Å². The first-order chi connectivity index (χ1) is 5.27. The maximum atomic E-state index is 9.58. The highest BCUT2D eigenvalue weighted by Gasteiger charge is 2.34. The van der Waals surface area contributed by atoms with Crippen LogP contribution in [0.2, 0.25) is 0 Å². The van der Waals surface area contributed by atoms with Gasteiger partial charge in [-0.15, -0.1) is 0 Å². The van der Waals surface area contributed by atoms with E-state index in [4.69, 9.17) is 0 Å². The molecule has 1 nitrogen and oxygen atoms in total. The molecular weight excluding hydrogens is 136 g/mol. The third-order valence-corrected chi connectivity index (χ3v) is 3.21. The molecule has 0 aromatic rings. The predicted molar refractivity (Wildman–Crippen MR) is 45.2 cm³/mol. The van der Waals surface area contributed by atoms with Crippen LogP contribution in [-0.2, 0) is 0 Å². The first-order valence-electron chi connectivity index (χ1n) is 4.63. The van der Waals surface area contributed by atoms with E-state index in [0.29, 0.717) is 11.8 Å². The molecule has 11 heavy (non-hydrogen) atoms. The van der Waals surface area contributed by atoms with Crippen LogP contribution in [0.3, 0.4) is 0 Å². The quantitative estimate of drug-likeness (QED) is 0.527. The average molecular weight is 152 g/mol. The van der Waals surface area contributed by atoms with Crippen LogP contribution in [0, 0.1) is 11.8 Å². The van der Waals surface area contributed by atoms with E-state index in [-0.39, 0.29) is 6.10 Å². The Kier molecular flexibility index (Phi) is 1.76. The molecule has 0 amide bonds. The fraction of sp³-hybridized carbons (Fsp3) is 0.800. The molecule has 2 rings (SSSR count). The van der Waals surface area contributed by atoms with Gasteiger partial charge in [-0.3, -0.25) is 0 Å². The van der Waals surface area contributed by atoms with Crippen molar-refractivity contribution in [1.29, 1.82) is 0 Å². The molecule has 1 heteroatoms. The second-order valence-electron chi connectivity index (χ2n) is 4.02. The molecule has 62 valence electrons. The number of fused-ring (bicyclic) bond motifs is 1. The van der Waals surface area contributed by atoms with Gasteiger partial charge in [0.05, 0.1) is 6.10 Å². The summed E-state index contributed by atoms with van der Waals surface area (Å²) >= 11 is 0. The van der Waals surface area contributed by atoms with Crippen molar-refractivity contribution in [3.63, 3.8) is 0 Å². The lowest BCUT2D eigenvalue weighted by Gasteiger charge is -2.24. The van der Waals surface area contributed by atoms with Crippen LogP contribution in [-0.4, -0.2) is 11.2 Å². The van der Waals surface area contributed by atoms with E-state index in [0.717, 1.165) is 6.42 Å². The molecule has 0 bridgehead atoms. The van der Waals surface area contributed by atoms with Gasteiger partial charge in [-0.1, -0.05) is 11.6 Å². The summed E-state index contributed by atoms with van der Waals surface area (Å²) in [6.07, 6.45) is 7.04. The number of aliphatic hydroxyl groups is 1. The topological polar surface area (TPSA) is 20.2 Å². The van der Waals surface area contributed by atoms with E-state index in [9.17, 15) is 5.11 Å². The Labute approximate surface area is 68.1 Å². The van der Waals surface area contributed by atoms with Crippen molar-refractivity contribution in [2.75, 3.05) is 0 Å². The van der Waals surface area contributed by atoms with Gasteiger partial charge in [-0.05, 0) is 44.4 Å². The van der Waals surface area contributed by atoms with Crippen molar-refractivity contribution in [1.82, 2.24) is 0 Å². The van der Waals surface area contributed by atoms with Crippen LogP contribution in [0.4, 0.5) is 0 Å². The molecule has 2 aliphatic rings. The second-order valence-corrected chi connectivity index (χ2v) is 4.02. The maximum absolute atomic E-state index is 9.58. The average Bonchev–Trinajstić information content (AvgIpc) is 2.32. The molecule has 0 saturated heterocycles. The van der Waals surface area contributed by atoms with Gasteiger partial charge in [-0.2, -0.15) is 0 Å². The Morgan fingerprint density at radius 3 is 3.00 bits per heavy atom. The van der Waals surface area contributed by atoms with E-state index in [1.165, 1.54) is 24.8 Å². The Bertz CT molecular complexity index is 183. The smallest absolute Gasteiger partial charge is 0.0574 e. The lowest BCUT2D eigenvalue weighted by atomic mass is 9.83. The third-order valence-electron chi connectivity index (χ3n) is 3.21. The van der Waals surface area contributed by atoms with Crippen LogP contribution in [0.15, 0.2) is 11.6 Å². The molecule has 2 aliphatic carbocycles. The fourth-order valence-electron chi connectivity index (χ4n) is 2.53. The molecule has 0 spiro atoms. The minimum absolute atomic E-state index is 0.00403. The van der Waals surface area contributed by atoms with Crippen LogP contribution in [0.1, 0.15) is 32.6 Å². The molecule has 0 aromatic carbocycles. The number of hydrogen-bond donors (Lipinski definition) is 1. The van der Waals surface area contributed by atoms with Crippen molar-refractivity contribution in [3.05, 3.63) is 11.6 Å². The summed E-state index contributed by atoms with van der Waals surface area (Å²) in [4.78, 5) is 0. The number of aliphatic hydroxyl groups excluding tert-OH is 1. The second kappa shape index (κ2) is 2.63. The van der Waals surface area contributed by atoms with Gasteiger partial charge >= 0.3 is 0 Å². The zero-order valence-corrected chi connectivity index (χ0v) is 7.09. The number of hydrogen-bond acceptors (Lipinski definition) is 1. The Hall–Kier alpha value is -0.300. The van der Waals surface area contributed by atoms with Gasteiger partial charge < -0.3 is 5.11 Å². The van der Waals surface area contributed by atoms with Crippen LogP contribution in [0.25, 0.3) is 0 Å². The largest absolute Gasteiger partial charge is 0.393 e. The van der Waals surface area contributed by atoms with Gasteiger partial charge in [-0.25, -0.2) is 0 Å². The van der Waals surface area contributed by atoms with E-state index in [1.54, 1.807) is 0 Å². The molecule has 0 aromatic heterocycles. The molecule has 0 radical (unpaired) electrons. The molecule has 1 fully saturated rings. The molecule has 3 unspecified atom stereocenters. The van der Waals surface area contributed by atoms with Gasteiger partial charge in [0, 0.05) is 0 Å². The lowest BCUT2D eigenvalue weighted by Crippen LogP contribution is -2.20. The number of rotatable bonds is 0. The highest BCUT2D eigenvalue weighted by Crippen LogP contribution is 2.40. The van der Waals surface area contributed by atoms with Crippen molar-refractivity contribution >= 4 is 0 Å². The molecular formula is C10H16O. The van der Waals surface area contributed by atoms with Crippen molar-refractivity contribution in [3.8, 4) is 0 Å². The van der Waals surface area contributed by atoms with Crippen molar-refractivity contribution in [2.45, 2.75) is 38.7 Å². The fourth-order valence-corrected chi connectivity index (χ4v) is 2.53. The van der Waals surface area contributed by atoms with Gasteiger partial charge in [0.25, 0.3) is 0 Å². The molecule has 1 saturated carbocycles. The Morgan fingerprint density at radius 2 is 2.18 bits per heavy atom. The molecule has 0 aliphatic heterocycles. The Balaban J connectivity index is 2.14. The predicted octanol–water partition coefficient (Wildman–Crippen LogP) is 2.11. The van der Waals surface area contributed by atoms with Crippen LogP contribution >= 0.6 is 0 Å². The van der Waals surface area contributed by atoms with Crippen molar-refractivity contribution in [2.24, 2.45) is 11.8 Å².